The van der Waals surface area contributed by atoms with E-state index in [1.807, 2.05) is 6.07 Å². The lowest BCUT2D eigenvalue weighted by molar-refractivity contribution is -0.0418. The SMILES string of the molecule is O=C(NC1[C@H]2CC3C[C@H]1CN(C3)C2)c1ccc(-c2cccs2)s1. The molecular weight excluding hydrogens is 324 g/mol. The Labute approximate surface area is 144 Å². The molecule has 5 heterocycles. The molecule has 4 aliphatic rings. The molecule has 0 radical (unpaired) electrons. The van der Waals surface area contributed by atoms with Crippen LogP contribution in [0.4, 0.5) is 0 Å². The van der Waals surface area contributed by atoms with Gasteiger partial charge >= 0.3 is 0 Å². The zero-order valence-electron chi connectivity index (χ0n) is 12.9. The lowest BCUT2D eigenvalue weighted by atomic mass is 9.65. The summed E-state index contributed by atoms with van der Waals surface area (Å²) in [6.07, 6.45) is 2.62. The van der Waals surface area contributed by atoms with Gasteiger partial charge in [0.05, 0.1) is 4.88 Å². The molecular formula is C18H20N2OS2. The highest BCUT2D eigenvalue weighted by Crippen LogP contribution is 2.43. The Hall–Kier alpha value is -1.17. The van der Waals surface area contributed by atoms with Crippen LogP contribution in [-0.4, -0.2) is 36.5 Å². The molecule has 3 saturated heterocycles. The van der Waals surface area contributed by atoms with Crippen molar-refractivity contribution in [1.29, 1.82) is 0 Å². The largest absolute Gasteiger partial charge is 0.348 e. The smallest absolute Gasteiger partial charge is 0.261 e. The first-order valence-corrected chi connectivity index (χ1v) is 10.1. The second-order valence-electron chi connectivity index (χ2n) is 7.22. The normalized spacial score (nSPS) is 34.7. The Balaban J connectivity index is 1.32. The summed E-state index contributed by atoms with van der Waals surface area (Å²) >= 11 is 3.34. The molecule has 6 rings (SSSR count). The third kappa shape index (κ3) is 2.46. The van der Waals surface area contributed by atoms with Crippen molar-refractivity contribution in [1.82, 2.24) is 10.2 Å². The standard InChI is InChI=1S/C18H20N2OS2/c21-18(16-4-3-15(23-16)14-2-1-5-22-14)19-17-12-6-11-7-13(17)10-20(8-11)9-12/h1-5,11-13,17H,6-10H2,(H,19,21)/t11?,12-,13-,17?/m0/s1. The number of carbonyl (C=O) groups is 1. The van der Waals surface area contributed by atoms with Gasteiger partial charge in [-0.1, -0.05) is 6.07 Å². The number of nitrogens with zero attached hydrogens (tertiary/aromatic N) is 1. The minimum atomic E-state index is 0.130. The molecule has 1 saturated carbocycles. The summed E-state index contributed by atoms with van der Waals surface area (Å²) in [6.45, 7) is 3.66. The molecule has 2 atom stereocenters. The maximum absolute atomic E-state index is 12.7. The summed E-state index contributed by atoms with van der Waals surface area (Å²) in [4.78, 5) is 18.6. The summed E-state index contributed by atoms with van der Waals surface area (Å²) in [6, 6.07) is 8.62. The average Bonchev–Trinajstić information content (AvgIpc) is 3.20. The van der Waals surface area contributed by atoms with Crippen molar-refractivity contribution >= 4 is 28.6 Å². The maximum atomic E-state index is 12.7. The molecule has 4 fully saturated rings. The van der Waals surface area contributed by atoms with Gasteiger partial charge < -0.3 is 10.2 Å². The number of piperidine rings is 3. The second kappa shape index (κ2) is 5.43. The molecule has 4 bridgehead atoms. The van der Waals surface area contributed by atoms with Crippen LogP contribution in [0, 0.1) is 17.8 Å². The monoisotopic (exact) mass is 344 g/mol. The number of carbonyl (C=O) groups excluding carboxylic acids is 1. The predicted molar refractivity (Wildman–Crippen MR) is 95.0 cm³/mol. The van der Waals surface area contributed by atoms with Crippen molar-refractivity contribution in [3.63, 3.8) is 0 Å². The summed E-state index contributed by atoms with van der Waals surface area (Å²) < 4.78 is 0. The van der Waals surface area contributed by atoms with Crippen LogP contribution < -0.4 is 5.32 Å². The number of hydrogen-bond donors (Lipinski definition) is 1. The van der Waals surface area contributed by atoms with Gasteiger partial charge in [0.2, 0.25) is 0 Å². The molecule has 0 aromatic carbocycles. The molecule has 120 valence electrons. The van der Waals surface area contributed by atoms with E-state index >= 15 is 0 Å². The van der Waals surface area contributed by atoms with E-state index in [4.69, 9.17) is 0 Å². The third-order valence-electron chi connectivity index (χ3n) is 5.68. The van der Waals surface area contributed by atoms with E-state index in [0.717, 1.165) is 10.8 Å². The molecule has 1 aliphatic carbocycles. The van der Waals surface area contributed by atoms with E-state index in [1.54, 1.807) is 22.7 Å². The van der Waals surface area contributed by atoms with E-state index in [-0.39, 0.29) is 5.91 Å². The number of thiophene rings is 2. The maximum Gasteiger partial charge on any atom is 0.261 e. The topological polar surface area (TPSA) is 32.3 Å². The van der Waals surface area contributed by atoms with Crippen molar-refractivity contribution in [3.05, 3.63) is 34.5 Å². The summed E-state index contributed by atoms with van der Waals surface area (Å²) in [5, 5.41) is 5.47. The zero-order valence-corrected chi connectivity index (χ0v) is 14.5. The van der Waals surface area contributed by atoms with Crippen molar-refractivity contribution < 1.29 is 4.79 Å². The van der Waals surface area contributed by atoms with Gasteiger partial charge in [-0.15, -0.1) is 22.7 Å². The average molecular weight is 345 g/mol. The van der Waals surface area contributed by atoms with Gasteiger partial charge in [0.25, 0.3) is 5.91 Å². The van der Waals surface area contributed by atoms with E-state index in [0.29, 0.717) is 17.9 Å². The van der Waals surface area contributed by atoms with Gasteiger partial charge in [-0.25, -0.2) is 0 Å². The number of amides is 1. The van der Waals surface area contributed by atoms with Crippen LogP contribution in [0.1, 0.15) is 22.5 Å². The van der Waals surface area contributed by atoms with Gasteiger partial charge in [-0.2, -0.15) is 0 Å². The van der Waals surface area contributed by atoms with Gasteiger partial charge in [-0.3, -0.25) is 4.79 Å². The van der Waals surface area contributed by atoms with Crippen LogP contribution in [0.25, 0.3) is 9.75 Å². The molecule has 5 heteroatoms. The Morgan fingerprint density at radius 1 is 1.09 bits per heavy atom. The molecule has 3 nitrogen and oxygen atoms in total. The van der Waals surface area contributed by atoms with Gasteiger partial charge in [0.15, 0.2) is 0 Å². The molecule has 1 amide bonds. The number of hydrogen-bond acceptors (Lipinski definition) is 4. The Morgan fingerprint density at radius 3 is 2.61 bits per heavy atom. The van der Waals surface area contributed by atoms with Crippen LogP contribution in [0.2, 0.25) is 0 Å². The highest BCUT2D eigenvalue weighted by molar-refractivity contribution is 7.22. The van der Waals surface area contributed by atoms with Crippen molar-refractivity contribution in [2.75, 3.05) is 19.6 Å². The zero-order chi connectivity index (χ0) is 15.4. The first kappa shape index (κ1) is 14.2. The molecule has 1 N–H and O–H groups in total. The van der Waals surface area contributed by atoms with Crippen LogP contribution in [0.5, 0.6) is 0 Å². The Bertz CT molecular complexity index is 693. The molecule has 3 aliphatic heterocycles. The lowest BCUT2D eigenvalue weighted by Crippen LogP contribution is -2.64. The van der Waals surface area contributed by atoms with E-state index in [2.05, 4.69) is 33.8 Å². The predicted octanol–water partition coefficient (Wildman–Crippen LogP) is 3.55. The minimum absolute atomic E-state index is 0.130. The van der Waals surface area contributed by atoms with Gasteiger partial charge in [0, 0.05) is 35.4 Å². The molecule has 0 spiro atoms. The summed E-state index contributed by atoms with van der Waals surface area (Å²) in [7, 11) is 0. The first-order chi connectivity index (χ1) is 11.3. The first-order valence-electron chi connectivity index (χ1n) is 8.43. The van der Waals surface area contributed by atoms with Gasteiger partial charge in [-0.05, 0) is 54.2 Å². The Kier molecular flexibility index (Phi) is 3.35. The van der Waals surface area contributed by atoms with Crippen molar-refractivity contribution in [2.24, 2.45) is 17.8 Å². The highest BCUT2D eigenvalue weighted by atomic mass is 32.1. The molecule has 23 heavy (non-hydrogen) atoms. The number of nitrogens with one attached hydrogen (secondary N) is 1. The van der Waals surface area contributed by atoms with E-state index in [9.17, 15) is 4.79 Å². The van der Waals surface area contributed by atoms with Crippen LogP contribution in [0.3, 0.4) is 0 Å². The highest BCUT2D eigenvalue weighted by Gasteiger charge is 2.47. The molecule has 0 unspecified atom stereocenters. The number of rotatable bonds is 3. The van der Waals surface area contributed by atoms with Crippen LogP contribution >= 0.6 is 22.7 Å². The second-order valence-corrected chi connectivity index (χ2v) is 9.25. The fourth-order valence-electron chi connectivity index (χ4n) is 4.88. The van der Waals surface area contributed by atoms with Gasteiger partial charge in [0.1, 0.15) is 0 Å². The summed E-state index contributed by atoms with van der Waals surface area (Å²) in [5.74, 6) is 2.35. The molecule has 2 aromatic heterocycles. The quantitative estimate of drug-likeness (QED) is 0.923. The van der Waals surface area contributed by atoms with Crippen molar-refractivity contribution in [3.8, 4) is 9.75 Å². The van der Waals surface area contributed by atoms with Crippen LogP contribution in [0.15, 0.2) is 29.6 Å². The fraction of sp³-hybridized carbons (Fsp3) is 0.500. The fourth-order valence-corrected chi connectivity index (χ4v) is 6.62. The third-order valence-corrected chi connectivity index (χ3v) is 7.83. The molecule has 2 aromatic rings. The minimum Gasteiger partial charge on any atom is -0.348 e. The Morgan fingerprint density at radius 2 is 1.91 bits per heavy atom. The van der Waals surface area contributed by atoms with Crippen molar-refractivity contribution in [2.45, 2.75) is 18.9 Å². The lowest BCUT2D eigenvalue weighted by Gasteiger charge is -2.55. The van der Waals surface area contributed by atoms with E-state index < -0.39 is 0 Å². The summed E-state index contributed by atoms with van der Waals surface area (Å²) in [5.41, 5.74) is 0. The van der Waals surface area contributed by atoms with E-state index in [1.165, 1.54) is 42.2 Å². The van der Waals surface area contributed by atoms with Crippen LogP contribution in [-0.2, 0) is 0 Å².